The maximum atomic E-state index is 13.2. The monoisotopic (exact) mass is 467 g/mol. The van der Waals surface area contributed by atoms with Crippen LogP contribution in [0.2, 0.25) is 0 Å². The Morgan fingerprint density at radius 2 is 1.69 bits per heavy atom. The second-order valence-electron chi connectivity index (χ2n) is 6.45. The second-order valence-corrected chi connectivity index (χ2v) is 8.10. The molecule has 168 valence electrons. The molecule has 14 heteroatoms. The summed E-state index contributed by atoms with van der Waals surface area (Å²) in [5, 5.41) is 2.10. The molecule has 2 N–H and O–H groups in total. The summed E-state index contributed by atoms with van der Waals surface area (Å²) in [6, 6.07) is 7.10. The van der Waals surface area contributed by atoms with Gasteiger partial charge in [-0.25, -0.2) is 17.9 Å². The van der Waals surface area contributed by atoms with Crippen LogP contribution in [0.3, 0.4) is 0 Å². The first-order valence-electron chi connectivity index (χ1n) is 8.82. The van der Waals surface area contributed by atoms with Crippen molar-refractivity contribution in [3.63, 3.8) is 0 Å². The number of carbonyl (C=O) groups excluding carboxylic acids is 1. The fourth-order valence-electron chi connectivity index (χ4n) is 2.47. The zero-order valence-corrected chi connectivity index (χ0v) is 17.4. The molecule has 3 rings (SSSR count). The maximum absolute atomic E-state index is 13.2. The fourth-order valence-corrected chi connectivity index (χ4v) is 3.61. The molecule has 0 bridgehead atoms. The molecule has 2 aromatic heterocycles. The molecule has 32 heavy (non-hydrogen) atoms. The maximum Gasteiger partial charge on any atom is 0.417 e. The van der Waals surface area contributed by atoms with Crippen LogP contribution in [-0.4, -0.2) is 48.5 Å². The Kier molecular flexibility index (Phi) is 6.25. The first-order valence-corrected chi connectivity index (χ1v) is 10.3. The molecule has 0 unspecified atom stereocenters. The number of amides is 2. The number of alkyl halides is 3. The average Bonchev–Trinajstić information content (AvgIpc) is 2.73. The highest BCUT2D eigenvalue weighted by molar-refractivity contribution is 7.90. The molecule has 0 saturated heterocycles. The minimum atomic E-state index is -4.94. The van der Waals surface area contributed by atoms with E-state index in [9.17, 15) is 26.4 Å². The van der Waals surface area contributed by atoms with Crippen LogP contribution in [-0.2, 0) is 16.2 Å². The molecular weight excluding hydrogens is 451 g/mol. The predicted molar refractivity (Wildman–Crippen MR) is 108 cm³/mol. The molecule has 2 amide bonds. The minimum absolute atomic E-state index is 0.0878. The third kappa shape index (κ3) is 5.26. The van der Waals surface area contributed by atoms with Crippen molar-refractivity contribution in [1.82, 2.24) is 24.7 Å². The van der Waals surface area contributed by atoms with Gasteiger partial charge in [0.25, 0.3) is 10.0 Å². The van der Waals surface area contributed by atoms with Crippen LogP contribution in [0.5, 0.6) is 0 Å². The van der Waals surface area contributed by atoms with Gasteiger partial charge in [0.15, 0.2) is 5.82 Å². The number of aromatic nitrogens is 4. The molecule has 0 spiro atoms. The Morgan fingerprint density at radius 1 is 1.00 bits per heavy atom. The van der Waals surface area contributed by atoms with Crippen molar-refractivity contribution in [1.29, 1.82) is 0 Å². The van der Waals surface area contributed by atoms with E-state index in [4.69, 9.17) is 0 Å². The summed E-state index contributed by atoms with van der Waals surface area (Å²) in [7, 11) is -1.61. The lowest BCUT2D eigenvalue weighted by atomic mass is 10.2. The summed E-state index contributed by atoms with van der Waals surface area (Å²) in [5.41, 5.74) is -1.05. The van der Waals surface area contributed by atoms with Gasteiger partial charge in [-0.1, -0.05) is 18.2 Å². The molecule has 0 aliphatic rings. The largest absolute Gasteiger partial charge is 0.417 e. The van der Waals surface area contributed by atoms with Crippen LogP contribution < -0.4 is 14.9 Å². The van der Waals surface area contributed by atoms with Crippen LogP contribution in [0.25, 0.3) is 11.5 Å². The lowest BCUT2D eigenvalue weighted by Gasteiger charge is -2.15. The van der Waals surface area contributed by atoms with Gasteiger partial charge in [0.05, 0.1) is 10.5 Å². The van der Waals surface area contributed by atoms with Gasteiger partial charge < -0.3 is 4.90 Å². The van der Waals surface area contributed by atoms with Gasteiger partial charge in [0.2, 0.25) is 11.9 Å². The molecule has 0 atom stereocenters. The Balaban J connectivity index is 1.89. The average molecular weight is 467 g/mol. The molecule has 1 aromatic carbocycles. The van der Waals surface area contributed by atoms with Gasteiger partial charge in [-0.15, -0.1) is 0 Å². The van der Waals surface area contributed by atoms with Crippen molar-refractivity contribution in [2.75, 3.05) is 24.3 Å². The third-order valence-corrected chi connectivity index (χ3v) is 5.24. The van der Waals surface area contributed by atoms with Crippen LogP contribution >= 0.6 is 0 Å². The second kappa shape index (κ2) is 8.74. The molecule has 10 nitrogen and oxygen atoms in total. The van der Waals surface area contributed by atoms with Crippen LogP contribution in [0.4, 0.5) is 29.9 Å². The van der Waals surface area contributed by atoms with Gasteiger partial charge in [-0.2, -0.15) is 28.1 Å². The molecule has 3 aromatic rings. The first-order chi connectivity index (χ1) is 15.0. The molecular formula is C18H16F3N7O3S. The number of urea groups is 1. The number of halogens is 3. The number of benzene rings is 1. The van der Waals surface area contributed by atoms with Crippen LogP contribution in [0.15, 0.2) is 53.6 Å². The Labute approximate surface area is 180 Å². The van der Waals surface area contributed by atoms with Gasteiger partial charge in [-0.05, 0) is 24.3 Å². The van der Waals surface area contributed by atoms with Gasteiger partial charge in [0, 0.05) is 20.3 Å². The summed E-state index contributed by atoms with van der Waals surface area (Å²) < 4.78 is 65.9. The molecule has 0 radical (unpaired) electrons. The summed E-state index contributed by atoms with van der Waals surface area (Å²) in [6.45, 7) is 0. The van der Waals surface area contributed by atoms with E-state index in [-0.39, 0.29) is 17.7 Å². The lowest BCUT2D eigenvalue weighted by molar-refractivity contribution is -0.139. The van der Waals surface area contributed by atoms with E-state index >= 15 is 0 Å². The Hall–Kier alpha value is -3.81. The highest BCUT2D eigenvalue weighted by Crippen LogP contribution is 2.33. The number of nitrogens with one attached hydrogen (secondary N) is 2. The number of nitrogens with zero attached hydrogens (tertiary/aromatic N) is 5. The van der Waals surface area contributed by atoms with E-state index in [2.05, 4.69) is 25.3 Å². The van der Waals surface area contributed by atoms with Crippen LogP contribution in [0.1, 0.15) is 5.56 Å². The van der Waals surface area contributed by atoms with E-state index in [1.165, 1.54) is 15.8 Å². The van der Waals surface area contributed by atoms with Crippen LogP contribution in [0, 0.1) is 0 Å². The molecule has 0 saturated carbocycles. The normalized spacial score (nSPS) is 11.7. The number of hydrogen-bond acceptors (Lipinski definition) is 8. The molecule has 2 heterocycles. The highest BCUT2D eigenvalue weighted by atomic mass is 32.2. The van der Waals surface area contributed by atoms with Crippen molar-refractivity contribution >= 4 is 28.0 Å². The van der Waals surface area contributed by atoms with E-state index in [0.29, 0.717) is 11.8 Å². The van der Waals surface area contributed by atoms with Crippen molar-refractivity contribution < 1.29 is 26.4 Å². The number of carbonyl (C=O) groups is 1. The number of anilines is 2. The number of pyridine rings is 1. The van der Waals surface area contributed by atoms with E-state index in [1.54, 1.807) is 32.3 Å². The quantitative estimate of drug-likeness (QED) is 0.586. The van der Waals surface area contributed by atoms with E-state index in [1.807, 2.05) is 0 Å². The van der Waals surface area contributed by atoms with E-state index < -0.39 is 32.7 Å². The molecule has 0 aliphatic heterocycles. The number of rotatable bonds is 5. The standard InChI is InChI=1S/C18H16F3N7O3S/c1-28(2)16-24-14(12-8-5-6-10-22-12)23-15(25-16)26-17(29)27-32(30,31)13-9-4-3-7-11(13)18(19,20)21/h3-10H,1-2H3,(H2,23,24,25,26,27,29). The summed E-state index contributed by atoms with van der Waals surface area (Å²) >= 11 is 0. The first kappa shape index (κ1) is 22.9. The Bertz CT molecular complexity index is 1240. The minimum Gasteiger partial charge on any atom is -0.347 e. The topological polar surface area (TPSA) is 130 Å². The predicted octanol–water partition coefficient (Wildman–Crippen LogP) is 2.53. The van der Waals surface area contributed by atoms with Gasteiger partial charge in [0.1, 0.15) is 5.69 Å². The number of hydrogen-bond donors (Lipinski definition) is 2. The Morgan fingerprint density at radius 3 is 2.31 bits per heavy atom. The van der Waals surface area contributed by atoms with Gasteiger partial charge >= 0.3 is 12.2 Å². The third-order valence-electron chi connectivity index (χ3n) is 3.85. The van der Waals surface area contributed by atoms with Crippen molar-refractivity contribution in [2.45, 2.75) is 11.1 Å². The van der Waals surface area contributed by atoms with Crippen molar-refractivity contribution in [3.8, 4) is 11.5 Å². The summed E-state index contributed by atoms with van der Waals surface area (Å²) in [5.74, 6) is -0.118. The van der Waals surface area contributed by atoms with Crippen molar-refractivity contribution in [3.05, 3.63) is 54.2 Å². The van der Waals surface area contributed by atoms with E-state index in [0.717, 1.165) is 18.2 Å². The van der Waals surface area contributed by atoms with Gasteiger partial charge in [-0.3, -0.25) is 10.3 Å². The fraction of sp³-hybridized carbons (Fsp3) is 0.167. The zero-order chi connectivity index (χ0) is 23.5. The molecule has 0 fully saturated rings. The SMILES string of the molecule is CN(C)c1nc(NC(=O)NS(=O)(=O)c2ccccc2C(F)(F)F)nc(-c2ccccn2)n1. The zero-order valence-electron chi connectivity index (χ0n) is 16.6. The smallest absolute Gasteiger partial charge is 0.347 e. The summed E-state index contributed by atoms with van der Waals surface area (Å²) in [6.07, 6.45) is -3.44. The van der Waals surface area contributed by atoms with Crippen molar-refractivity contribution in [2.24, 2.45) is 0 Å². The lowest BCUT2D eigenvalue weighted by Crippen LogP contribution is -2.36. The molecule has 0 aliphatic carbocycles. The number of sulfonamides is 1. The summed E-state index contributed by atoms with van der Waals surface area (Å²) in [4.78, 5) is 29.0. The highest BCUT2D eigenvalue weighted by Gasteiger charge is 2.37.